The van der Waals surface area contributed by atoms with Crippen molar-refractivity contribution < 1.29 is 9.59 Å². The highest BCUT2D eigenvalue weighted by Gasteiger charge is 2.44. The molecule has 0 saturated carbocycles. The van der Waals surface area contributed by atoms with Crippen molar-refractivity contribution in [2.75, 3.05) is 13.1 Å². The monoisotopic (exact) mass is 467 g/mol. The average molecular weight is 468 g/mol. The van der Waals surface area contributed by atoms with E-state index in [-0.39, 0.29) is 17.9 Å². The van der Waals surface area contributed by atoms with Crippen LogP contribution in [0, 0.1) is 16.7 Å². The largest absolute Gasteiger partial charge is 0.346 e. The average Bonchev–Trinajstić information content (AvgIpc) is 3.07. The van der Waals surface area contributed by atoms with Crippen molar-refractivity contribution in [2.24, 2.45) is 12.5 Å². The summed E-state index contributed by atoms with van der Waals surface area (Å²) in [6, 6.07) is 7.36. The summed E-state index contributed by atoms with van der Waals surface area (Å²) in [6.45, 7) is 4.45. The molecular formula is C20H23Cl2N5O2S. The van der Waals surface area contributed by atoms with E-state index in [1.54, 1.807) is 23.7 Å². The summed E-state index contributed by atoms with van der Waals surface area (Å²) in [7, 11) is 1.80. The fourth-order valence-electron chi connectivity index (χ4n) is 3.82. The quantitative estimate of drug-likeness (QED) is 0.650. The van der Waals surface area contributed by atoms with Gasteiger partial charge in [-0.1, -0.05) is 30.1 Å². The molecule has 0 bridgehead atoms. The molecule has 1 aromatic carbocycles. The normalized spacial score (nSPS) is 21.9. The zero-order chi connectivity index (χ0) is 22.1. The van der Waals surface area contributed by atoms with Gasteiger partial charge in [-0.15, -0.1) is 0 Å². The molecule has 1 aliphatic heterocycles. The first-order chi connectivity index (χ1) is 14.2. The van der Waals surface area contributed by atoms with Gasteiger partial charge in [-0.25, -0.2) is 4.31 Å². The van der Waals surface area contributed by atoms with E-state index in [4.69, 9.17) is 23.2 Å². The molecule has 1 aliphatic rings. The van der Waals surface area contributed by atoms with Gasteiger partial charge in [0.05, 0.1) is 27.6 Å². The molecule has 0 radical (unpaired) electrons. The lowest BCUT2D eigenvalue weighted by Crippen LogP contribution is -2.56. The molecule has 2 aromatic rings. The second-order valence-electron chi connectivity index (χ2n) is 7.43. The molecule has 1 fully saturated rings. The van der Waals surface area contributed by atoms with E-state index in [1.165, 1.54) is 19.1 Å². The van der Waals surface area contributed by atoms with Gasteiger partial charge in [-0.05, 0) is 31.0 Å². The van der Waals surface area contributed by atoms with Gasteiger partial charge < -0.3 is 9.88 Å². The first-order valence-corrected chi connectivity index (χ1v) is 11.1. The summed E-state index contributed by atoms with van der Waals surface area (Å²) < 4.78 is 6.42. The molecule has 1 aromatic heterocycles. The van der Waals surface area contributed by atoms with Gasteiger partial charge >= 0.3 is 0 Å². The van der Waals surface area contributed by atoms with E-state index >= 15 is 0 Å². The van der Waals surface area contributed by atoms with Crippen molar-refractivity contribution in [3.63, 3.8) is 0 Å². The van der Waals surface area contributed by atoms with Crippen LogP contribution in [0.1, 0.15) is 37.2 Å². The SMILES string of the molecule is CCC1(C#N)CN(SNC(C)=O)CCC1NC(=O)c1cc2c(Cl)c(Cl)ccc2n1C. The molecule has 2 amide bonds. The number of aromatic nitrogens is 1. The van der Waals surface area contributed by atoms with E-state index in [9.17, 15) is 14.9 Å². The van der Waals surface area contributed by atoms with Crippen molar-refractivity contribution >= 4 is 58.1 Å². The van der Waals surface area contributed by atoms with Crippen LogP contribution in [0.5, 0.6) is 0 Å². The number of rotatable bonds is 5. The Balaban J connectivity index is 1.83. The number of piperidine rings is 1. The van der Waals surface area contributed by atoms with Crippen LogP contribution < -0.4 is 10.0 Å². The third-order valence-corrected chi connectivity index (χ3v) is 7.38. The van der Waals surface area contributed by atoms with E-state index in [0.717, 1.165) is 5.52 Å². The van der Waals surface area contributed by atoms with Crippen LogP contribution in [0.15, 0.2) is 18.2 Å². The lowest BCUT2D eigenvalue weighted by Gasteiger charge is -2.43. The van der Waals surface area contributed by atoms with Crippen molar-refractivity contribution in [2.45, 2.75) is 32.7 Å². The summed E-state index contributed by atoms with van der Waals surface area (Å²) in [4.78, 5) is 24.3. The Kier molecular flexibility index (Phi) is 6.88. The van der Waals surface area contributed by atoms with Crippen molar-refractivity contribution in [1.82, 2.24) is 18.9 Å². The number of benzene rings is 1. The second kappa shape index (κ2) is 9.06. The molecule has 2 atom stereocenters. The van der Waals surface area contributed by atoms with E-state index < -0.39 is 5.41 Å². The van der Waals surface area contributed by atoms with E-state index in [0.29, 0.717) is 47.1 Å². The van der Waals surface area contributed by atoms with Crippen LogP contribution in [0.3, 0.4) is 0 Å². The van der Waals surface area contributed by atoms with Crippen molar-refractivity contribution in [3.05, 3.63) is 33.9 Å². The third kappa shape index (κ3) is 4.26. The molecule has 30 heavy (non-hydrogen) atoms. The van der Waals surface area contributed by atoms with Gasteiger partial charge in [-0.2, -0.15) is 5.26 Å². The maximum Gasteiger partial charge on any atom is 0.268 e. The Labute approximate surface area is 189 Å². The number of fused-ring (bicyclic) bond motifs is 1. The van der Waals surface area contributed by atoms with Crippen LogP contribution >= 0.6 is 35.3 Å². The Morgan fingerprint density at radius 3 is 2.77 bits per heavy atom. The molecule has 3 rings (SSSR count). The summed E-state index contributed by atoms with van der Waals surface area (Å²) in [6.07, 6.45) is 1.17. The Bertz CT molecular complexity index is 1030. The number of nitrogens with zero attached hydrogens (tertiary/aromatic N) is 3. The second-order valence-corrected chi connectivity index (χ2v) is 9.12. The van der Waals surface area contributed by atoms with Gasteiger partial charge in [0.25, 0.3) is 5.91 Å². The number of nitrogens with one attached hydrogen (secondary N) is 2. The summed E-state index contributed by atoms with van der Waals surface area (Å²) in [5, 5.41) is 14.6. The number of amides is 2. The zero-order valence-electron chi connectivity index (χ0n) is 17.0. The third-order valence-electron chi connectivity index (χ3n) is 5.62. The minimum atomic E-state index is -0.759. The molecular weight excluding hydrogens is 445 g/mol. The van der Waals surface area contributed by atoms with Crippen LogP contribution in [0.4, 0.5) is 0 Å². The lowest BCUT2D eigenvalue weighted by atomic mass is 9.75. The molecule has 10 heteroatoms. The Morgan fingerprint density at radius 2 is 2.13 bits per heavy atom. The van der Waals surface area contributed by atoms with E-state index in [2.05, 4.69) is 16.1 Å². The highest BCUT2D eigenvalue weighted by Crippen LogP contribution is 2.36. The topological polar surface area (TPSA) is 90.2 Å². The van der Waals surface area contributed by atoms with Crippen LogP contribution in [-0.4, -0.2) is 39.8 Å². The molecule has 7 nitrogen and oxygen atoms in total. The smallest absolute Gasteiger partial charge is 0.268 e. The first kappa shape index (κ1) is 22.8. The lowest BCUT2D eigenvalue weighted by molar-refractivity contribution is -0.117. The van der Waals surface area contributed by atoms with Crippen LogP contribution in [0.2, 0.25) is 10.0 Å². The standard InChI is InChI=1S/C20H23Cl2N5O2S/c1-4-20(10-23)11-27(30-25-12(2)28)8-7-17(20)24-19(29)16-9-13-15(26(16)3)6-5-14(21)18(13)22/h5-6,9,17H,4,7-8,11H2,1-3H3,(H,24,29)(H,25,28). The summed E-state index contributed by atoms with van der Waals surface area (Å²) in [5.41, 5.74) is 0.496. The van der Waals surface area contributed by atoms with Gasteiger partial charge in [0, 0.05) is 50.1 Å². The molecule has 160 valence electrons. The number of carbonyl (C=O) groups excluding carboxylic acids is 2. The van der Waals surface area contributed by atoms with Gasteiger partial charge in [-0.3, -0.25) is 14.3 Å². The molecule has 2 unspecified atom stereocenters. The van der Waals surface area contributed by atoms with E-state index in [1.807, 2.05) is 17.3 Å². The van der Waals surface area contributed by atoms with Gasteiger partial charge in [0.2, 0.25) is 5.91 Å². The maximum atomic E-state index is 13.1. The fraction of sp³-hybridized carbons (Fsp3) is 0.450. The van der Waals surface area contributed by atoms with Crippen LogP contribution in [-0.2, 0) is 11.8 Å². The predicted molar refractivity (Wildman–Crippen MR) is 120 cm³/mol. The number of hydrogen-bond acceptors (Lipinski definition) is 5. The predicted octanol–water partition coefficient (Wildman–Crippen LogP) is 3.91. The molecule has 1 saturated heterocycles. The number of carbonyl (C=O) groups is 2. The van der Waals surface area contributed by atoms with Crippen molar-refractivity contribution in [1.29, 1.82) is 5.26 Å². The number of hydrogen-bond donors (Lipinski definition) is 2. The first-order valence-electron chi connectivity index (χ1n) is 9.56. The maximum absolute atomic E-state index is 13.1. The Hall–Kier alpha value is -1.92. The number of halogens is 2. The summed E-state index contributed by atoms with van der Waals surface area (Å²) in [5.74, 6) is -0.411. The highest BCUT2D eigenvalue weighted by atomic mass is 35.5. The molecule has 0 aliphatic carbocycles. The Morgan fingerprint density at radius 1 is 1.40 bits per heavy atom. The van der Waals surface area contributed by atoms with Crippen molar-refractivity contribution in [3.8, 4) is 6.07 Å². The summed E-state index contributed by atoms with van der Waals surface area (Å²) >= 11 is 13.6. The molecule has 0 spiro atoms. The molecule has 2 N–H and O–H groups in total. The van der Waals surface area contributed by atoms with Gasteiger partial charge in [0.1, 0.15) is 5.69 Å². The minimum absolute atomic E-state index is 0.149. The fourth-order valence-corrected chi connectivity index (χ4v) is 4.95. The van der Waals surface area contributed by atoms with Crippen LogP contribution in [0.25, 0.3) is 10.9 Å². The number of nitriles is 1. The molecule has 2 heterocycles. The zero-order valence-corrected chi connectivity index (χ0v) is 19.3. The minimum Gasteiger partial charge on any atom is -0.346 e. The highest BCUT2D eigenvalue weighted by molar-refractivity contribution is 7.95. The van der Waals surface area contributed by atoms with Gasteiger partial charge in [0.15, 0.2) is 0 Å². The number of aryl methyl sites for hydroxylation is 1.